The number of carbonyl (C=O) groups is 1. The topological polar surface area (TPSA) is 88.2 Å². The Morgan fingerprint density at radius 1 is 1.50 bits per heavy atom. The third kappa shape index (κ3) is 2.87. The Morgan fingerprint density at radius 2 is 2.17 bits per heavy atom. The number of carboxylic acid groups (broad SMARTS) is 1. The van der Waals surface area contributed by atoms with Crippen molar-refractivity contribution in [2.45, 2.75) is 51.7 Å². The first-order valence-electron chi connectivity index (χ1n) is 6.31. The molecule has 0 saturated heterocycles. The average Bonchev–Trinajstić information content (AvgIpc) is 3.02. The Hall–Kier alpha value is -1.43. The van der Waals surface area contributed by atoms with Crippen molar-refractivity contribution < 1.29 is 15.0 Å². The van der Waals surface area contributed by atoms with Gasteiger partial charge < -0.3 is 10.2 Å². The third-order valence-electron chi connectivity index (χ3n) is 3.24. The largest absolute Gasteiger partial charge is 0.481 e. The standard InChI is InChI=1S/C12H19N3O3/c1-7(2)12-9(5-11(17)18)13-14-15(12)6-10(16)8-3-4-8/h7-8,10,16H,3-6H2,1-2H3,(H,17,18). The molecule has 0 bridgehead atoms. The summed E-state index contributed by atoms with van der Waals surface area (Å²) in [5.41, 5.74) is 1.32. The van der Waals surface area contributed by atoms with Gasteiger partial charge in [-0.1, -0.05) is 19.1 Å². The second-order valence-electron chi connectivity index (χ2n) is 5.23. The summed E-state index contributed by atoms with van der Waals surface area (Å²) in [7, 11) is 0. The van der Waals surface area contributed by atoms with E-state index in [4.69, 9.17) is 5.11 Å². The van der Waals surface area contributed by atoms with Crippen LogP contribution in [0.2, 0.25) is 0 Å². The Morgan fingerprint density at radius 3 is 2.67 bits per heavy atom. The molecule has 6 heteroatoms. The van der Waals surface area contributed by atoms with E-state index in [-0.39, 0.29) is 12.3 Å². The lowest BCUT2D eigenvalue weighted by atomic mass is 10.1. The molecule has 1 aliphatic rings. The summed E-state index contributed by atoms with van der Waals surface area (Å²) in [4.78, 5) is 10.8. The highest BCUT2D eigenvalue weighted by Gasteiger charge is 2.31. The number of aliphatic carboxylic acids is 1. The summed E-state index contributed by atoms with van der Waals surface area (Å²) in [6.07, 6.45) is 1.61. The second kappa shape index (κ2) is 5.06. The first-order valence-corrected chi connectivity index (χ1v) is 6.31. The maximum Gasteiger partial charge on any atom is 0.309 e. The number of hydrogen-bond acceptors (Lipinski definition) is 4. The van der Waals surface area contributed by atoms with Crippen molar-refractivity contribution in [3.63, 3.8) is 0 Å². The lowest BCUT2D eigenvalue weighted by molar-refractivity contribution is -0.136. The van der Waals surface area contributed by atoms with Gasteiger partial charge in [-0.2, -0.15) is 0 Å². The first kappa shape index (κ1) is 13.0. The molecule has 1 aromatic rings. The summed E-state index contributed by atoms with van der Waals surface area (Å²) >= 11 is 0. The number of rotatable bonds is 6. The molecule has 0 spiro atoms. The van der Waals surface area contributed by atoms with Gasteiger partial charge in [-0.3, -0.25) is 4.79 Å². The lowest BCUT2D eigenvalue weighted by Gasteiger charge is -2.14. The van der Waals surface area contributed by atoms with Gasteiger partial charge in [-0.05, 0) is 24.7 Å². The molecule has 1 heterocycles. The van der Waals surface area contributed by atoms with E-state index in [2.05, 4.69) is 10.3 Å². The van der Waals surface area contributed by atoms with E-state index >= 15 is 0 Å². The van der Waals surface area contributed by atoms with Crippen LogP contribution < -0.4 is 0 Å². The monoisotopic (exact) mass is 253 g/mol. The van der Waals surface area contributed by atoms with Crippen LogP contribution in [-0.4, -0.2) is 37.3 Å². The molecule has 18 heavy (non-hydrogen) atoms. The van der Waals surface area contributed by atoms with E-state index in [0.717, 1.165) is 18.5 Å². The fraction of sp³-hybridized carbons (Fsp3) is 0.750. The highest BCUT2D eigenvalue weighted by molar-refractivity contribution is 5.69. The van der Waals surface area contributed by atoms with Gasteiger partial charge in [0.25, 0.3) is 0 Å². The van der Waals surface area contributed by atoms with Crippen LogP contribution in [0.3, 0.4) is 0 Å². The maximum absolute atomic E-state index is 10.8. The molecule has 0 radical (unpaired) electrons. The minimum Gasteiger partial charge on any atom is -0.481 e. The molecule has 0 amide bonds. The molecule has 1 aliphatic carbocycles. The van der Waals surface area contributed by atoms with Gasteiger partial charge >= 0.3 is 5.97 Å². The van der Waals surface area contributed by atoms with Crippen molar-refractivity contribution in [1.29, 1.82) is 0 Å². The third-order valence-corrected chi connectivity index (χ3v) is 3.24. The molecule has 1 saturated carbocycles. The summed E-state index contributed by atoms with van der Waals surface area (Å²) in [6, 6.07) is 0. The van der Waals surface area contributed by atoms with Crippen LogP contribution in [-0.2, 0) is 17.8 Å². The quantitative estimate of drug-likeness (QED) is 0.783. The number of aromatic nitrogens is 3. The van der Waals surface area contributed by atoms with E-state index < -0.39 is 12.1 Å². The molecule has 0 aliphatic heterocycles. The average molecular weight is 253 g/mol. The molecule has 1 atom stereocenters. The molecule has 2 N–H and O–H groups in total. The van der Waals surface area contributed by atoms with Crippen molar-refractivity contribution >= 4 is 5.97 Å². The van der Waals surface area contributed by atoms with Crippen LogP contribution in [0.4, 0.5) is 0 Å². The molecular weight excluding hydrogens is 234 g/mol. The Labute approximate surface area is 106 Å². The minimum absolute atomic E-state index is 0.118. The number of aliphatic hydroxyl groups excluding tert-OH is 1. The van der Waals surface area contributed by atoms with Crippen LogP contribution in [0.5, 0.6) is 0 Å². The van der Waals surface area contributed by atoms with Gasteiger partial charge in [0.05, 0.1) is 30.5 Å². The molecule has 1 unspecified atom stereocenters. The van der Waals surface area contributed by atoms with Crippen molar-refractivity contribution in [2.24, 2.45) is 5.92 Å². The van der Waals surface area contributed by atoms with Crippen LogP contribution in [0.1, 0.15) is 44.0 Å². The zero-order valence-corrected chi connectivity index (χ0v) is 10.7. The van der Waals surface area contributed by atoms with Gasteiger partial charge in [0, 0.05) is 0 Å². The van der Waals surface area contributed by atoms with Crippen molar-refractivity contribution in [3.8, 4) is 0 Å². The SMILES string of the molecule is CC(C)c1c(CC(=O)O)nnn1CC(O)C1CC1. The highest BCUT2D eigenvalue weighted by Crippen LogP contribution is 2.33. The molecule has 6 nitrogen and oxygen atoms in total. The van der Waals surface area contributed by atoms with E-state index in [1.807, 2.05) is 13.8 Å². The number of carboxylic acids is 1. The van der Waals surface area contributed by atoms with Gasteiger partial charge in [0.2, 0.25) is 0 Å². The van der Waals surface area contributed by atoms with E-state index in [1.165, 1.54) is 0 Å². The lowest BCUT2D eigenvalue weighted by Crippen LogP contribution is -2.21. The molecule has 1 fully saturated rings. The normalized spacial score (nSPS) is 17.1. The van der Waals surface area contributed by atoms with Crippen LogP contribution in [0.15, 0.2) is 0 Å². The zero-order valence-electron chi connectivity index (χ0n) is 10.7. The van der Waals surface area contributed by atoms with E-state index in [1.54, 1.807) is 4.68 Å². The Balaban J connectivity index is 2.17. The fourth-order valence-corrected chi connectivity index (χ4v) is 2.20. The molecule has 100 valence electrons. The Bertz CT molecular complexity index is 438. The summed E-state index contributed by atoms with van der Waals surface area (Å²) in [5, 5.41) is 26.7. The van der Waals surface area contributed by atoms with Crippen molar-refractivity contribution in [3.05, 3.63) is 11.4 Å². The van der Waals surface area contributed by atoms with Gasteiger partial charge in [0.15, 0.2) is 0 Å². The Kier molecular flexibility index (Phi) is 3.65. The van der Waals surface area contributed by atoms with Gasteiger partial charge in [-0.25, -0.2) is 4.68 Å². The molecule has 1 aromatic heterocycles. The van der Waals surface area contributed by atoms with Gasteiger partial charge in [-0.15, -0.1) is 5.10 Å². The van der Waals surface area contributed by atoms with E-state index in [9.17, 15) is 9.90 Å². The van der Waals surface area contributed by atoms with Gasteiger partial charge in [0.1, 0.15) is 0 Å². The smallest absolute Gasteiger partial charge is 0.309 e. The minimum atomic E-state index is -0.910. The molecule has 0 aromatic carbocycles. The molecule has 2 rings (SSSR count). The van der Waals surface area contributed by atoms with Crippen molar-refractivity contribution in [1.82, 2.24) is 15.0 Å². The predicted molar refractivity (Wildman–Crippen MR) is 64.2 cm³/mol. The van der Waals surface area contributed by atoms with Crippen LogP contribution in [0.25, 0.3) is 0 Å². The summed E-state index contributed by atoms with van der Waals surface area (Å²) < 4.78 is 1.66. The second-order valence-corrected chi connectivity index (χ2v) is 5.23. The number of nitrogens with zero attached hydrogens (tertiary/aromatic N) is 3. The fourth-order valence-electron chi connectivity index (χ4n) is 2.20. The summed E-state index contributed by atoms with van der Waals surface area (Å²) in [5.74, 6) is -0.399. The zero-order chi connectivity index (χ0) is 13.3. The summed E-state index contributed by atoms with van der Waals surface area (Å²) in [6.45, 7) is 4.36. The predicted octanol–water partition coefficient (Wildman–Crippen LogP) is 0.799. The first-order chi connectivity index (χ1) is 8.49. The van der Waals surface area contributed by atoms with E-state index in [0.29, 0.717) is 18.2 Å². The highest BCUT2D eigenvalue weighted by atomic mass is 16.4. The van der Waals surface area contributed by atoms with Crippen molar-refractivity contribution in [2.75, 3.05) is 0 Å². The number of hydrogen-bond donors (Lipinski definition) is 2. The number of aliphatic hydroxyl groups is 1. The van der Waals surface area contributed by atoms with Crippen LogP contribution in [0, 0.1) is 5.92 Å². The molecular formula is C12H19N3O3. The van der Waals surface area contributed by atoms with Crippen LogP contribution >= 0.6 is 0 Å². The maximum atomic E-state index is 10.8.